The molecule has 0 fully saturated rings. The molecule has 0 atom stereocenters. The average Bonchev–Trinajstić information content (AvgIpc) is 3.00. The molecule has 0 aliphatic heterocycles. The fourth-order valence-corrected chi connectivity index (χ4v) is 3.50. The van der Waals surface area contributed by atoms with E-state index in [1.807, 2.05) is 0 Å². The van der Waals surface area contributed by atoms with Gasteiger partial charge in [0.05, 0.1) is 16.2 Å². The number of benzene rings is 2. The van der Waals surface area contributed by atoms with E-state index >= 15 is 0 Å². The van der Waals surface area contributed by atoms with Gasteiger partial charge in [0.15, 0.2) is 5.82 Å². The fraction of sp³-hybridized carbons (Fsp3) is 0.0625. The van der Waals surface area contributed by atoms with Gasteiger partial charge in [-0.3, -0.25) is 4.79 Å². The van der Waals surface area contributed by atoms with Crippen LogP contribution in [-0.2, 0) is 14.8 Å². The van der Waals surface area contributed by atoms with Gasteiger partial charge < -0.3 is 11.2 Å². The second-order valence-electron chi connectivity index (χ2n) is 5.57. The van der Waals surface area contributed by atoms with Crippen molar-refractivity contribution in [1.82, 2.24) is 14.9 Å². The summed E-state index contributed by atoms with van der Waals surface area (Å²) in [6.07, 6.45) is 0. The maximum atomic E-state index is 13.9. The number of amides is 1. The second kappa shape index (κ2) is 7.96. The molecular weight excluding hydrogens is 407 g/mol. The molecule has 0 bridgehead atoms. The number of nitrogens with zero attached hydrogens (tertiary/aromatic N) is 3. The molecule has 146 valence electrons. The summed E-state index contributed by atoms with van der Waals surface area (Å²) in [5.41, 5.74) is 0.465. The number of nitrogen functional groups attached to an aromatic ring is 1. The Morgan fingerprint density at radius 1 is 1.18 bits per heavy atom. The van der Waals surface area contributed by atoms with Crippen LogP contribution < -0.4 is 16.3 Å². The summed E-state index contributed by atoms with van der Waals surface area (Å²) < 4.78 is 37.7. The number of halogens is 1. The van der Waals surface area contributed by atoms with Crippen LogP contribution in [0, 0.1) is 5.82 Å². The van der Waals surface area contributed by atoms with Crippen molar-refractivity contribution in [3.8, 4) is 11.4 Å². The quantitative estimate of drug-likeness (QED) is 0.399. The van der Waals surface area contributed by atoms with Crippen LogP contribution >= 0.6 is 11.8 Å². The monoisotopic (exact) mass is 422 g/mol. The first-order chi connectivity index (χ1) is 13.3. The molecule has 0 radical (unpaired) electrons. The molecular formula is C16H15FN6O3S2. The minimum atomic E-state index is -3.87. The Bertz CT molecular complexity index is 1130. The molecule has 1 amide bonds. The van der Waals surface area contributed by atoms with Gasteiger partial charge in [-0.2, -0.15) is 0 Å². The lowest BCUT2D eigenvalue weighted by atomic mass is 10.2. The number of carbonyl (C=O) groups is 1. The number of rotatable bonds is 6. The molecule has 5 N–H and O–H groups in total. The van der Waals surface area contributed by atoms with Crippen LogP contribution in [0.1, 0.15) is 0 Å². The Hall–Kier alpha value is -2.96. The van der Waals surface area contributed by atoms with Crippen LogP contribution in [-0.4, -0.2) is 35.0 Å². The Balaban J connectivity index is 1.67. The smallest absolute Gasteiger partial charge is 0.238 e. The number of hydrogen-bond acceptors (Lipinski definition) is 7. The number of nitrogens with one attached hydrogen (secondary N) is 1. The van der Waals surface area contributed by atoms with Crippen LogP contribution in [0.3, 0.4) is 0 Å². The first-order valence-electron chi connectivity index (χ1n) is 7.76. The number of primary sulfonamides is 1. The lowest BCUT2D eigenvalue weighted by Gasteiger charge is -2.07. The summed E-state index contributed by atoms with van der Waals surface area (Å²) in [6, 6.07) is 11.5. The molecule has 0 spiro atoms. The molecule has 0 aliphatic rings. The van der Waals surface area contributed by atoms with Crippen LogP contribution in [0.5, 0.6) is 0 Å². The molecule has 3 aromatic rings. The van der Waals surface area contributed by atoms with Gasteiger partial charge in [0.2, 0.25) is 21.1 Å². The lowest BCUT2D eigenvalue weighted by molar-refractivity contribution is -0.113. The summed E-state index contributed by atoms with van der Waals surface area (Å²) in [7, 11) is -3.87. The van der Waals surface area contributed by atoms with Crippen molar-refractivity contribution in [2.75, 3.05) is 16.9 Å². The van der Waals surface area contributed by atoms with E-state index in [9.17, 15) is 17.6 Å². The van der Waals surface area contributed by atoms with Gasteiger partial charge in [-0.15, -0.1) is 10.2 Å². The minimum absolute atomic E-state index is 0.0772. The van der Waals surface area contributed by atoms with Crippen LogP contribution in [0.2, 0.25) is 0 Å². The van der Waals surface area contributed by atoms with Crippen LogP contribution in [0.15, 0.2) is 58.6 Å². The molecule has 3 rings (SSSR count). The van der Waals surface area contributed by atoms with E-state index in [0.717, 1.165) is 16.4 Å². The summed E-state index contributed by atoms with van der Waals surface area (Å²) in [5.74, 6) is 5.03. The van der Waals surface area contributed by atoms with Crippen molar-refractivity contribution in [2.45, 2.75) is 10.1 Å². The van der Waals surface area contributed by atoms with Gasteiger partial charge >= 0.3 is 0 Å². The van der Waals surface area contributed by atoms with Gasteiger partial charge in [0, 0.05) is 5.69 Å². The SMILES string of the molecule is Nn1c(SCC(=O)Nc2cccc(S(N)(=O)=O)c2)nnc1-c1ccccc1F. The Labute approximate surface area is 164 Å². The summed E-state index contributed by atoms with van der Waals surface area (Å²) in [5, 5.41) is 15.6. The van der Waals surface area contributed by atoms with E-state index in [4.69, 9.17) is 11.0 Å². The molecule has 0 aliphatic carbocycles. The number of thioether (sulfide) groups is 1. The van der Waals surface area contributed by atoms with Crippen molar-refractivity contribution in [3.05, 3.63) is 54.3 Å². The Morgan fingerprint density at radius 2 is 1.93 bits per heavy atom. The zero-order valence-electron chi connectivity index (χ0n) is 14.2. The normalized spacial score (nSPS) is 11.4. The molecule has 0 unspecified atom stereocenters. The van der Waals surface area contributed by atoms with Crippen molar-refractivity contribution >= 4 is 33.4 Å². The highest BCUT2D eigenvalue weighted by Crippen LogP contribution is 2.24. The molecule has 9 nitrogen and oxygen atoms in total. The van der Waals surface area contributed by atoms with Gasteiger partial charge in [0.25, 0.3) is 0 Å². The van der Waals surface area contributed by atoms with E-state index in [1.165, 1.54) is 36.4 Å². The first-order valence-corrected chi connectivity index (χ1v) is 10.3. The van der Waals surface area contributed by atoms with Crippen molar-refractivity contribution in [2.24, 2.45) is 5.14 Å². The summed E-state index contributed by atoms with van der Waals surface area (Å²) >= 11 is 0.992. The van der Waals surface area contributed by atoms with Crippen molar-refractivity contribution in [3.63, 3.8) is 0 Å². The van der Waals surface area contributed by atoms with E-state index in [0.29, 0.717) is 0 Å². The minimum Gasteiger partial charge on any atom is -0.335 e. The third kappa shape index (κ3) is 4.47. The summed E-state index contributed by atoms with van der Waals surface area (Å²) in [4.78, 5) is 12.0. The maximum Gasteiger partial charge on any atom is 0.238 e. The topological polar surface area (TPSA) is 146 Å². The van der Waals surface area contributed by atoms with Crippen molar-refractivity contribution < 1.29 is 17.6 Å². The van der Waals surface area contributed by atoms with Crippen molar-refractivity contribution in [1.29, 1.82) is 0 Å². The Kier molecular flexibility index (Phi) is 5.63. The molecule has 2 aromatic carbocycles. The number of nitrogens with two attached hydrogens (primary N) is 2. The van der Waals surface area contributed by atoms with Crippen LogP contribution in [0.4, 0.5) is 10.1 Å². The zero-order valence-corrected chi connectivity index (χ0v) is 15.9. The Morgan fingerprint density at radius 3 is 2.64 bits per heavy atom. The molecule has 28 heavy (non-hydrogen) atoms. The molecule has 0 saturated carbocycles. The van der Waals surface area contributed by atoms with Crippen LogP contribution in [0.25, 0.3) is 11.4 Å². The average molecular weight is 422 g/mol. The highest BCUT2D eigenvalue weighted by atomic mass is 32.2. The van der Waals surface area contributed by atoms with Gasteiger partial charge in [-0.05, 0) is 30.3 Å². The summed E-state index contributed by atoms with van der Waals surface area (Å²) in [6.45, 7) is 0. The first kappa shape index (κ1) is 19.8. The largest absolute Gasteiger partial charge is 0.335 e. The second-order valence-corrected chi connectivity index (χ2v) is 8.07. The van der Waals surface area contributed by atoms with Gasteiger partial charge in [-0.25, -0.2) is 22.6 Å². The maximum absolute atomic E-state index is 13.9. The highest BCUT2D eigenvalue weighted by Gasteiger charge is 2.16. The number of aromatic nitrogens is 3. The molecule has 12 heteroatoms. The molecule has 0 saturated heterocycles. The number of sulfonamides is 1. The fourth-order valence-electron chi connectivity index (χ4n) is 2.28. The van der Waals surface area contributed by atoms with Gasteiger partial charge in [-0.1, -0.05) is 30.0 Å². The highest BCUT2D eigenvalue weighted by molar-refractivity contribution is 7.99. The lowest BCUT2D eigenvalue weighted by Crippen LogP contribution is -2.17. The van der Waals surface area contributed by atoms with E-state index in [2.05, 4.69) is 15.5 Å². The number of anilines is 1. The van der Waals surface area contributed by atoms with E-state index in [1.54, 1.807) is 12.1 Å². The molecule has 1 aromatic heterocycles. The van der Waals surface area contributed by atoms with E-state index < -0.39 is 21.7 Å². The third-order valence-electron chi connectivity index (χ3n) is 3.56. The molecule has 1 heterocycles. The predicted molar refractivity (Wildman–Crippen MR) is 103 cm³/mol. The number of carbonyl (C=O) groups excluding carboxylic acids is 1. The van der Waals surface area contributed by atoms with E-state index in [-0.39, 0.29) is 32.9 Å². The predicted octanol–water partition coefficient (Wildman–Crippen LogP) is 1.18. The van der Waals surface area contributed by atoms with Gasteiger partial charge in [0.1, 0.15) is 5.82 Å². The number of hydrogen-bond donors (Lipinski definition) is 3. The third-order valence-corrected chi connectivity index (χ3v) is 5.41. The zero-order chi connectivity index (χ0) is 20.3. The standard InChI is InChI=1S/C16H15FN6O3S2/c17-13-7-2-1-6-12(13)15-21-22-16(23(15)18)27-9-14(24)20-10-4-3-5-11(8-10)28(19,25)26/h1-8H,9,18H2,(H,20,24)(H2,19,25,26).